The number of anilines is 1. The summed E-state index contributed by atoms with van der Waals surface area (Å²) in [6.45, 7) is 5.80. The van der Waals surface area contributed by atoms with Crippen LogP contribution in [0.5, 0.6) is 0 Å². The Hall–Kier alpha value is -2.52. The number of amides is 1. The van der Waals surface area contributed by atoms with Crippen molar-refractivity contribution in [1.29, 1.82) is 0 Å². The van der Waals surface area contributed by atoms with Gasteiger partial charge in [-0.3, -0.25) is 10.1 Å². The minimum Gasteiger partial charge on any atom is -0.297 e. The molecule has 0 saturated heterocycles. The van der Waals surface area contributed by atoms with Gasteiger partial charge >= 0.3 is 0 Å². The molecular weight excluding hydrogens is 385 g/mol. The lowest BCUT2D eigenvalue weighted by Crippen LogP contribution is -2.07. The topological polar surface area (TPSA) is 72.7 Å². The quantitative estimate of drug-likeness (QED) is 0.379. The molecule has 0 fully saturated rings. The largest absolute Gasteiger partial charge is 0.297 e. The van der Waals surface area contributed by atoms with Crippen molar-refractivity contribution in [2.45, 2.75) is 25.1 Å². The molecule has 2 heterocycles. The maximum absolute atomic E-state index is 13.1. The molecule has 3 aromatic rings. The van der Waals surface area contributed by atoms with Crippen molar-refractivity contribution < 1.29 is 9.18 Å². The molecule has 1 aromatic carbocycles. The third-order valence-corrected chi connectivity index (χ3v) is 5.58. The SMILES string of the molecule is CCSc1nnc(NC(=O)/C=C/c2c(C)nn(-c3ccc(F)cc3)c2C)s1. The first-order valence-electron chi connectivity index (χ1n) is 8.25. The van der Waals surface area contributed by atoms with Crippen LogP contribution in [0.25, 0.3) is 11.8 Å². The van der Waals surface area contributed by atoms with Gasteiger partial charge < -0.3 is 0 Å². The molecule has 2 aromatic heterocycles. The van der Waals surface area contributed by atoms with E-state index in [0.717, 1.165) is 32.7 Å². The minimum atomic E-state index is -0.297. The second-order valence-corrected chi connectivity index (χ2v) is 8.09. The van der Waals surface area contributed by atoms with E-state index in [1.54, 1.807) is 34.7 Å². The van der Waals surface area contributed by atoms with Crippen LogP contribution in [0.4, 0.5) is 9.52 Å². The van der Waals surface area contributed by atoms with Crippen LogP contribution >= 0.6 is 23.1 Å². The van der Waals surface area contributed by atoms with Gasteiger partial charge in [0.1, 0.15) is 5.82 Å². The van der Waals surface area contributed by atoms with Gasteiger partial charge in [0.25, 0.3) is 0 Å². The molecule has 3 rings (SSSR count). The van der Waals surface area contributed by atoms with Crippen molar-refractivity contribution in [1.82, 2.24) is 20.0 Å². The van der Waals surface area contributed by atoms with E-state index in [1.807, 2.05) is 20.8 Å². The number of aryl methyl sites for hydroxylation is 1. The van der Waals surface area contributed by atoms with Crippen molar-refractivity contribution in [3.8, 4) is 5.69 Å². The van der Waals surface area contributed by atoms with Crippen LogP contribution in [0.3, 0.4) is 0 Å². The number of carbonyl (C=O) groups is 1. The molecule has 0 atom stereocenters. The fourth-order valence-corrected chi connectivity index (χ4v) is 4.13. The molecule has 0 aliphatic carbocycles. The van der Waals surface area contributed by atoms with Crippen LogP contribution in [0, 0.1) is 19.7 Å². The highest BCUT2D eigenvalue weighted by molar-refractivity contribution is 8.01. The highest BCUT2D eigenvalue weighted by atomic mass is 32.2. The summed E-state index contributed by atoms with van der Waals surface area (Å²) in [6, 6.07) is 6.11. The van der Waals surface area contributed by atoms with Crippen molar-refractivity contribution in [3.63, 3.8) is 0 Å². The molecule has 1 amide bonds. The molecule has 0 saturated carbocycles. The lowest BCUT2D eigenvalue weighted by molar-refractivity contribution is -0.111. The van der Waals surface area contributed by atoms with E-state index in [-0.39, 0.29) is 11.7 Å². The first-order valence-corrected chi connectivity index (χ1v) is 10.1. The van der Waals surface area contributed by atoms with Gasteiger partial charge in [-0.2, -0.15) is 5.10 Å². The van der Waals surface area contributed by atoms with E-state index in [1.165, 1.54) is 29.5 Å². The Balaban J connectivity index is 1.74. The maximum Gasteiger partial charge on any atom is 0.250 e. The third kappa shape index (κ3) is 4.61. The molecule has 140 valence electrons. The Morgan fingerprint density at radius 3 is 2.74 bits per heavy atom. The molecule has 9 heteroatoms. The molecule has 0 unspecified atom stereocenters. The zero-order chi connectivity index (χ0) is 19.4. The Morgan fingerprint density at radius 1 is 1.30 bits per heavy atom. The Labute approximate surface area is 164 Å². The van der Waals surface area contributed by atoms with Crippen LogP contribution in [-0.4, -0.2) is 31.6 Å². The molecule has 6 nitrogen and oxygen atoms in total. The van der Waals surface area contributed by atoms with Gasteiger partial charge in [-0.15, -0.1) is 10.2 Å². The zero-order valence-electron chi connectivity index (χ0n) is 15.1. The molecule has 0 aliphatic heterocycles. The number of halogens is 1. The first kappa shape index (κ1) is 19.2. The third-order valence-electron chi connectivity index (χ3n) is 3.72. The highest BCUT2D eigenvalue weighted by Crippen LogP contribution is 2.25. The van der Waals surface area contributed by atoms with Crippen molar-refractivity contribution in [2.24, 2.45) is 0 Å². The second-order valence-electron chi connectivity index (χ2n) is 5.60. The summed E-state index contributed by atoms with van der Waals surface area (Å²) in [5.41, 5.74) is 3.24. The number of carbonyl (C=O) groups excluding carboxylic acids is 1. The van der Waals surface area contributed by atoms with Gasteiger partial charge in [-0.05, 0) is 49.9 Å². The van der Waals surface area contributed by atoms with E-state index in [0.29, 0.717) is 5.13 Å². The summed E-state index contributed by atoms with van der Waals surface area (Å²) >= 11 is 2.92. The molecular formula is C18H18FN5OS2. The molecule has 0 bridgehead atoms. The highest BCUT2D eigenvalue weighted by Gasteiger charge is 2.12. The zero-order valence-corrected chi connectivity index (χ0v) is 16.7. The summed E-state index contributed by atoms with van der Waals surface area (Å²) in [5, 5.41) is 15.6. The number of thioether (sulfide) groups is 1. The predicted octanol–water partition coefficient (Wildman–Crippen LogP) is 4.24. The van der Waals surface area contributed by atoms with Gasteiger partial charge in [0, 0.05) is 17.3 Å². The van der Waals surface area contributed by atoms with Crippen molar-refractivity contribution in [2.75, 3.05) is 11.1 Å². The number of hydrogen-bond donors (Lipinski definition) is 1. The van der Waals surface area contributed by atoms with Crippen LogP contribution in [0.15, 0.2) is 34.7 Å². The number of aromatic nitrogens is 4. The lowest BCUT2D eigenvalue weighted by Gasteiger charge is -2.04. The van der Waals surface area contributed by atoms with Crippen LogP contribution in [-0.2, 0) is 4.79 Å². The standard InChI is InChI=1S/C18H18FN5OS2/c1-4-26-18-22-21-17(27-18)20-16(25)10-9-15-11(2)23-24(12(15)3)14-7-5-13(19)6-8-14/h5-10H,4H2,1-3H3,(H,20,21,25)/b10-9+. The Morgan fingerprint density at radius 2 is 2.04 bits per heavy atom. The van der Waals surface area contributed by atoms with E-state index in [2.05, 4.69) is 20.6 Å². The smallest absolute Gasteiger partial charge is 0.250 e. The first-order chi connectivity index (χ1) is 13.0. The molecule has 27 heavy (non-hydrogen) atoms. The molecule has 0 aliphatic rings. The number of benzene rings is 1. The maximum atomic E-state index is 13.1. The van der Waals surface area contributed by atoms with E-state index >= 15 is 0 Å². The number of rotatable bonds is 6. The van der Waals surface area contributed by atoms with E-state index in [4.69, 9.17) is 0 Å². The van der Waals surface area contributed by atoms with Gasteiger partial charge in [-0.1, -0.05) is 30.0 Å². The Bertz CT molecular complexity index is 978. The van der Waals surface area contributed by atoms with E-state index in [9.17, 15) is 9.18 Å². The number of nitrogens with zero attached hydrogens (tertiary/aromatic N) is 4. The van der Waals surface area contributed by atoms with Crippen molar-refractivity contribution >= 4 is 40.2 Å². The lowest BCUT2D eigenvalue weighted by atomic mass is 10.2. The summed E-state index contributed by atoms with van der Waals surface area (Å²) in [4.78, 5) is 12.2. The molecule has 0 radical (unpaired) electrons. The normalized spacial score (nSPS) is 11.3. The van der Waals surface area contributed by atoms with Crippen molar-refractivity contribution in [3.05, 3.63) is 53.1 Å². The number of nitrogens with one attached hydrogen (secondary N) is 1. The number of hydrogen-bond acceptors (Lipinski definition) is 6. The summed E-state index contributed by atoms with van der Waals surface area (Å²) in [5.74, 6) is 0.320. The summed E-state index contributed by atoms with van der Waals surface area (Å²) < 4.78 is 15.7. The van der Waals surface area contributed by atoms with Crippen LogP contribution in [0.1, 0.15) is 23.9 Å². The van der Waals surface area contributed by atoms with Gasteiger partial charge in [-0.25, -0.2) is 9.07 Å². The molecule has 0 spiro atoms. The second kappa shape index (κ2) is 8.45. The van der Waals surface area contributed by atoms with Gasteiger partial charge in [0.2, 0.25) is 11.0 Å². The van der Waals surface area contributed by atoms with Crippen LogP contribution < -0.4 is 5.32 Å². The Kier molecular flexibility index (Phi) is 6.02. The average molecular weight is 404 g/mol. The summed E-state index contributed by atoms with van der Waals surface area (Å²) in [6.07, 6.45) is 3.16. The monoisotopic (exact) mass is 403 g/mol. The average Bonchev–Trinajstić information content (AvgIpc) is 3.18. The fourth-order valence-electron chi connectivity index (χ4n) is 2.48. The van der Waals surface area contributed by atoms with Crippen LogP contribution in [0.2, 0.25) is 0 Å². The predicted molar refractivity (Wildman–Crippen MR) is 107 cm³/mol. The fraction of sp³-hybridized carbons (Fsp3) is 0.222. The molecule has 1 N–H and O–H groups in total. The van der Waals surface area contributed by atoms with Gasteiger partial charge in [0.05, 0.1) is 11.4 Å². The minimum absolute atomic E-state index is 0.285. The van der Waals surface area contributed by atoms with E-state index < -0.39 is 0 Å². The summed E-state index contributed by atoms with van der Waals surface area (Å²) in [7, 11) is 0. The van der Waals surface area contributed by atoms with Gasteiger partial charge in [0.15, 0.2) is 4.34 Å².